The van der Waals surface area contributed by atoms with E-state index in [2.05, 4.69) is 20.3 Å². The molecule has 0 unspecified atom stereocenters. The fraction of sp³-hybridized carbons (Fsp3) is 0.167. The molecule has 0 fully saturated rings. The molecule has 4 rings (SSSR count). The van der Waals surface area contributed by atoms with E-state index in [0.29, 0.717) is 29.0 Å². The summed E-state index contributed by atoms with van der Waals surface area (Å²) in [4.78, 5) is 25.2. The highest BCUT2D eigenvalue weighted by Crippen LogP contribution is 2.23. The summed E-state index contributed by atoms with van der Waals surface area (Å²) in [5, 5.41) is 2.90. The first-order valence-corrected chi connectivity index (χ1v) is 10.1. The molecule has 0 spiro atoms. The molecule has 4 aromatic rings. The van der Waals surface area contributed by atoms with E-state index in [0.717, 1.165) is 16.9 Å². The van der Waals surface area contributed by atoms with Crippen molar-refractivity contribution in [2.45, 2.75) is 20.3 Å². The number of hydrogen-bond acceptors (Lipinski definition) is 6. The van der Waals surface area contributed by atoms with Gasteiger partial charge in [0.25, 0.3) is 0 Å². The number of hydrogen-bond donors (Lipinski definition) is 1. The number of nitrogens with zero attached hydrogens (tertiary/aromatic N) is 4. The molecule has 2 aromatic carbocycles. The first-order chi connectivity index (χ1) is 15.5. The number of ether oxygens (including phenoxy) is 2. The Morgan fingerprint density at radius 2 is 1.88 bits per heavy atom. The second kappa shape index (κ2) is 9.30. The third-order valence-electron chi connectivity index (χ3n) is 4.75. The highest BCUT2D eigenvalue weighted by atomic mass is 16.5. The van der Waals surface area contributed by atoms with Crippen molar-refractivity contribution >= 4 is 11.6 Å². The number of amides is 1. The largest absolute Gasteiger partial charge is 0.496 e. The molecule has 8 heteroatoms. The van der Waals surface area contributed by atoms with Gasteiger partial charge in [-0.15, -0.1) is 0 Å². The van der Waals surface area contributed by atoms with Crippen molar-refractivity contribution in [3.8, 4) is 23.2 Å². The molecule has 0 atom stereocenters. The lowest BCUT2D eigenvalue weighted by Crippen LogP contribution is -2.14. The third-order valence-corrected chi connectivity index (χ3v) is 4.75. The van der Waals surface area contributed by atoms with Crippen LogP contribution in [0.3, 0.4) is 0 Å². The van der Waals surface area contributed by atoms with Crippen LogP contribution in [0.4, 0.5) is 5.69 Å². The van der Waals surface area contributed by atoms with Crippen LogP contribution in [0, 0.1) is 13.8 Å². The molecule has 0 aliphatic rings. The second-order valence-corrected chi connectivity index (χ2v) is 7.24. The maximum Gasteiger partial charge on any atom is 0.228 e. The molecule has 0 saturated carbocycles. The highest BCUT2D eigenvalue weighted by molar-refractivity contribution is 5.92. The standard InChI is InChI=1S/C24H23N5O3/c1-16-12-18(4-9-21(16)31-3)13-23(30)28-19-5-7-20(8-6-19)32-24-14-22(26-17(2)27-24)29-11-10-25-15-29/h4-12,14-15H,13H2,1-3H3,(H,28,30). The predicted molar refractivity (Wildman–Crippen MR) is 120 cm³/mol. The summed E-state index contributed by atoms with van der Waals surface area (Å²) >= 11 is 0. The van der Waals surface area contributed by atoms with E-state index in [1.165, 1.54) is 0 Å². The Morgan fingerprint density at radius 1 is 1.06 bits per heavy atom. The maximum atomic E-state index is 12.4. The number of methoxy groups -OCH3 is 1. The molecular formula is C24H23N5O3. The van der Waals surface area contributed by atoms with Crippen LogP contribution in [0.2, 0.25) is 0 Å². The number of rotatable bonds is 7. The number of benzene rings is 2. The smallest absolute Gasteiger partial charge is 0.228 e. The molecule has 2 heterocycles. The van der Waals surface area contributed by atoms with E-state index in [1.54, 1.807) is 67.7 Å². The Hall–Kier alpha value is -4.20. The number of aromatic nitrogens is 4. The third kappa shape index (κ3) is 5.10. The Bertz CT molecular complexity index is 1220. The first kappa shape index (κ1) is 21.0. The van der Waals surface area contributed by atoms with E-state index in [-0.39, 0.29) is 12.3 Å². The molecule has 1 N–H and O–H groups in total. The van der Waals surface area contributed by atoms with E-state index in [9.17, 15) is 4.79 Å². The van der Waals surface area contributed by atoms with Gasteiger partial charge in [-0.25, -0.2) is 9.97 Å². The number of aryl methyl sites for hydroxylation is 2. The Morgan fingerprint density at radius 3 is 2.56 bits per heavy atom. The van der Waals surface area contributed by atoms with Gasteiger partial charge in [0.1, 0.15) is 29.5 Å². The molecule has 0 saturated heterocycles. The Labute approximate surface area is 185 Å². The minimum atomic E-state index is -0.0976. The summed E-state index contributed by atoms with van der Waals surface area (Å²) in [6, 6.07) is 14.6. The predicted octanol–water partition coefficient (Wildman–Crippen LogP) is 4.26. The quantitative estimate of drug-likeness (QED) is 0.472. The van der Waals surface area contributed by atoms with Crippen LogP contribution >= 0.6 is 0 Å². The minimum Gasteiger partial charge on any atom is -0.496 e. The summed E-state index contributed by atoms with van der Waals surface area (Å²) < 4.78 is 12.9. The first-order valence-electron chi connectivity index (χ1n) is 10.1. The van der Waals surface area contributed by atoms with Crippen LogP contribution in [0.15, 0.2) is 67.3 Å². The van der Waals surface area contributed by atoms with Gasteiger partial charge in [-0.1, -0.05) is 12.1 Å². The number of anilines is 1. The molecule has 0 bridgehead atoms. The highest BCUT2D eigenvalue weighted by Gasteiger charge is 2.09. The SMILES string of the molecule is COc1ccc(CC(=O)Nc2ccc(Oc3cc(-n4ccnc4)nc(C)n3)cc2)cc1C. The van der Waals surface area contributed by atoms with Gasteiger partial charge >= 0.3 is 0 Å². The van der Waals surface area contributed by atoms with Crippen molar-refractivity contribution in [3.05, 3.63) is 84.2 Å². The lowest BCUT2D eigenvalue weighted by atomic mass is 10.1. The maximum absolute atomic E-state index is 12.4. The van der Waals surface area contributed by atoms with Gasteiger partial charge in [0, 0.05) is 24.1 Å². The zero-order valence-electron chi connectivity index (χ0n) is 18.1. The topological polar surface area (TPSA) is 91.2 Å². The lowest BCUT2D eigenvalue weighted by molar-refractivity contribution is -0.115. The van der Waals surface area contributed by atoms with Gasteiger partial charge in [-0.2, -0.15) is 4.98 Å². The van der Waals surface area contributed by atoms with E-state index in [4.69, 9.17) is 9.47 Å². The average molecular weight is 429 g/mol. The Balaban J connectivity index is 1.39. The van der Waals surface area contributed by atoms with Crippen molar-refractivity contribution in [3.63, 3.8) is 0 Å². The molecule has 2 aromatic heterocycles. The molecule has 1 amide bonds. The second-order valence-electron chi connectivity index (χ2n) is 7.24. The Kier molecular flexibility index (Phi) is 6.12. The molecule has 8 nitrogen and oxygen atoms in total. The van der Waals surface area contributed by atoms with Crippen LogP contribution < -0.4 is 14.8 Å². The molecule has 32 heavy (non-hydrogen) atoms. The van der Waals surface area contributed by atoms with Gasteiger partial charge < -0.3 is 14.8 Å². The van der Waals surface area contributed by atoms with Crippen molar-refractivity contribution in [1.29, 1.82) is 0 Å². The minimum absolute atomic E-state index is 0.0976. The van der Waals surface area contributed by atoms with Crippen molar-refractivity contribution in [2.24, 2.45) is 0 Å². The van der Waals surface area contributed by atoms with E-state index in [1.807, 2.05) is 25.1 Å². The number of carbonyl (C=O) groups is 1. The summed E-state index contributed by atoms with van der Waals surface area (Å²) in [5.41, 5.74) is 2.61. The summed E-state index contributed by atoms with van der Waals surface area (Å²) in [5.74, 6) is 2.99. The molecule has 0 aliphatic carbocycles. The van der Waals surface area contributed by atoms with Gasteiger partial charge in [-0.05, 0) is 55.3 Å². The average Bonchev–Trinajstić information content (AvgIpc) is 3.30. The van der Waals surface area contributed by atoms with E-state index < -0.39 is 0 Å². The van der Waals surface area contributed by atoms with Crippen LogP contribution in [0.25, 0.3) is 5.82 Å². The van der Waals surface area contributed by atoms with Crippen molar-refractivity contribution in [2.75, 3.05) is 12.4 Å². The number of imidazole rings is 1. The summed E-state index contributed by atoms with van der Waals surface area (Å²) in [6.07, 6.45) is 5.42. The fourth-order valence-electron chi connectivity index (χ4n) is 3.27. The van der Waals surface area contributed by atoms with Crippen molar-refractivity contribution < 1.29 is 14.3 Å². The molecular weight excluding hydrogens is 406 g/mol. The number of carbonyl (C=O) groups excluding carboxylic acids is 1. The normalized spacial score (nSPS) is 10.6. The monoisotopic (exact) mass is 429 g/mol. The summed E-state index contributed by atoms with van der Waals surface area (Å²) in [6.45, 7) is 3.76. The van der Waals surface area contributed by atoms with Crippen LogP contribution in [0.1, 0.15) is 17.0 Å². The van der Waals surface area contributed by atoms with E-state index >= 15 is 0 Å². The van der Waals surface area contributed by atoms with Gasteiger partial charge in [0.15, 0.2) is 0 Å². The molecule has 0 aliphatic heterocycles. The van der Waals surface area contributed by atoms with Gasteiger partial charge in [0.2, 0.25) is 11.8 Å². The van der Waals surface area contributed by atoms with Gasteiger partial charge in [-0.3, -0.25) is 9.36 Å². The van der Waals surface area contributed by atoms with Crippen LogP contribution in [0.5, 0.6) is 17.4 Å². The number of nitrogens with one attached hydrogen (secondary N) is 1. The zero-order valence-corrected chi connectivity index (χ0v) is 18.1. The summed E-state index contributed by atoms with van der Waals surface area (Å²) in [7, 11) is 1.63. The fourth-order valence-corrected chi connectivity index (χ4v) is 3.27. The molecule has 162 valence electrons. The van der Waals surface area contributed by atoms with Crippen molar-refractivity contribution in [1.82, 2.24) is 19.5 Å². The van der Waals surface area contributed by atoms with Crippen LogP contribution in [-0.2, 0) is 11.2 Å². The lowest BCUT2D eigenvalue weighted by Gasteiger charge is -2.10. The molecule has 0 radical (unpaired) electrons. The van der Waals surface area contributed by atoms with Gasteiger partial charge in [0.05, 0.1) is 13.5 Å². The van der Waals surface area contributed by atoms with Crippen LogP contribution in [-0.4, -0.2) is 32.5 Å². The zero-order chi connectivity index (χ0) is 22.5.